The zero-order chi connectivity index (χ0) is 13.6. The molecule has 2 aromatic heterocycles. The zero-order valence-electron chi connectivity index (χ0n) is 11.6. The molecule has 0 saturated carbocycles. The van der Waals surface area contributed by atoms with Crippen molar-refractivity contribution in [3.05, 3.63) is 12.0 Å². The largest absolute Gasteiger partial charge is 0.388 e. The molecule has 0 bridgehead atoms. The number of aryl methyl sites for hydroxylation is 2. The molecule has 1 saturated heterocycles. The molecule has 102 valence electrons. The van der Waals surface area contributed by atoms with Gasteiger partial charge in [-0.2, -0.15) is 5.10 Å². The number of piperidine rings is 1. The van der Waals surface area contributed by atoms with Crippen LogP contribution in [0.5, 0.6) is 0 Å². The van der Waals surface area contributed by atoms with Crippen molar-refractivity contribution in [1.82, 2.24) is 19.7 Å². The summed E-state index contributed by atoms with van der Waals surface area (Å²) in [7, 11) is 1.89. The fraction of sp³-hybridized carbons (Fsp3) is 0.615. The molecule has 1 unspecified atom stereocenters. The quantitative estimate of drug-likeness (QED) is 0.830. The summed E-state index contributed by atoms with van der Waals surface area (Å²) in [5.74, 6) is 0.885. The number of aliphatic hydroxyl groups is 1. The van der Waals surface area contributed by atoms with Gasteiger partial charge in [0.1, 0.15) is 12.1 Å². The number of nitrogens with zero attached hydrogens (tertiary/aromatic N) is 5. The molecule has 19 heavy (non-hydrogen) atoms. The summed E-state index contributed by atoms with van der Waals surface area (Å²) >= 11 is 0. The molecule has 6 heteroatoms. The molecule has 3 heterocycles. The maximum Gasteiger partial charge on any atom is 0.163 e. The van der Waals surface area contributed by atoms with E-state index in [-0.39, 0.29) is 0 Å². The second-order valence-corrected chi connectivity index (χ2v) is 5.63. The molecular weight excluding hydrogens is 242 g/mol. The van der Waals surface area contributed by atoms with Crippen molar-refractivity contribution in [3.8, 4) is 0 Å². The first-order valence-electron chi connectivity index (χ1n) is 6.59. The van der Waals surface area contributed by atoms with Gasteiger partial charge in [0.25, 0.3) is 0 Å². The molecular formula is C13H19N5O. The third-order valence-electron chi connectivity index (χ3n) is 3.75. The lowest BCUT2D eigenvalue weighted by Gasteiger charge is -2.37. The SMILES string of the molecule is Cc1nn(C)c2ncnc(N3CCCC(C)(O)C3)c12. The Kier molecular flexibility index (Phi) is 2.70. The summed E-state index contributed by atoms with van der Waals surface area (Å²) in [6.45, 7) is 5.37. The molecule has 0 spiro atoms. The Hall–Kier alpha value is -1.69. The predicted molar refractivity (Wildman–Crippen MR) is 73.1 cm³/mol. The van der Waals surface area contributed by atoms with Crippen LogP contribution in [0.2, 0.25) is 0 Å². The summed E-state index contributed by atoms with van der Waals surface area (Å²) in [6.07, 6.45) is 3.38. The standard InChI is InChI=1S/C13H19N5O/c1-9-10-11(17(3)16-9)14-8-15-12(10)18-6-4-5-13(2,19)7-18/h8,19H,4-7H2,1-3H3. The fourth-order valence-electron chi connectivity index (χ4n) is 2.90. The Morgan fingerprint density at radius 3 is 2.89 bits per heavy atom. The van der Waals surface area contributed by atoms with Crippen molar-refractivity contribution in [2.45, 2.75) is 32.3 Å². The number of hydrogen-bond donors (Lipinski definition) is 1. The van der Waals surface area contributed by atoms with Gasteiger partial charge in [0, 0.05) is 20.1 Å². The highest BCUT2D eigenvalue weighted by atomic mass is 16.3. The van der Waals surface area contributed by atoms with Crippen LogP contribution >= 0.6 is 0 Å². The molecule has 2 aromatic rings. The van der Waals surface area contributed by atoms with E-state index in [4.69, 9.17) is 0 Å². The maximum absolute atomic E-state index is 10.2. The third kappa shape index (κ3) is 2.06. The van der Waals surface area contributed by atoms with E-state index in [1.54, 1.807) is 11.0 Å². The Balaban J connectivity index is 2.10. The van der Waals surface area contributed by atoms with Crippen LogP contribution in [0.1, 0.15) is 25.5 Å². The number of fused-ring (bicyclic) bond motifs is 1. The molecule has 1 aliphatic rings. The number of β-amino-alcohol motifs (C(OH)–C–C–N with tert-alkyl or cyclic N) is 1. The first-order chi connectivity index (χ1) is 8.98. The Morgan fingerprint density at radius 1 is 1.37 bits per heavy atom. The van der Waals surface area contributed by atoms with Crippen LogP contribution in [0.15, 0.2) is 6.33 Å². The number of aromatic nitrogens is 4. The van der Waals surface area contributed by atoms with Gasteiger partial charge in [0.15, 0.2) is 5.65 Å². The molecule has 0 aromatic carbocycles. The van der Waals surface area contributed by atoms with Gasteiger partial charge in [-0.1, -0.05) is 0 Å². The van der Waals surface area contributed by atoms with E-state index >= 15 is 0 Å². The van der Waals surface area contributed by atoms with Crippen LogP contribution in [-0.2, 0) is 7.05 Å². The van der Waals surface area contributed by atoms with Gasteiger partial charge in [-0.3, -0.25) is 4.68 Å². The predicted octanol–water partition coefficient (Wildman–Crippen LogP) is 1.02. The third-order valence-corrected chi connectivity index (χ3v) is 3.75. The lowest BCUT2D eigenvalue weighted by atomic mass is 9.95. The van der Waals surface area contributed by atoms with Crippen LogP contribution in [-0.4, -0.2) is 43.5 Å². The molecule has 1 aliphatic heterocycles. The average molecular weight is 261 g/mol. The Labute approximate surface area is 112 Å². The van der Waals surface area contributed by atoms with E-state index < -0.39 is 5.60 Å². The molecule has 6 nitrogen and oxygen atoms in total. The summed E-state index contributed by atoms with van der Waals surface area (Å²) in [4.78, 5) is 10.9. The molecule has 0 aliphatic carbocycles. The topological polar surface area (TPSA) is 67.1 Å². The lowest BCUT2D eigenvalue weighted by Crippen LogP contribution is -2.46. The number of hydrogen-bond acceptors (Lipinski definition) is 5. The molecule has 1 fully saturated rings. The zero-order valence-corrected chi connectivity index (χ0v) is 11.6. The summed E-state index contributed by atoms with van der Waals surface area (Å²) in [5, 5.41) is 15.6. The Morgan fingerprint density at radius 2 is 2.16 bits per heavy atom. The highest BCUT2D eigenvalue weighted by Gasteiger charge is 2.30. The molecule has 1 atom stereocenters. The van der Waals surface area contributed by atoms with Crippen molar-refractivity contribution in [2.24, 2.45) is 7.05 Å². The highest BCUT2D eigenvalue weighted by molar-refractivity contribution is 5.89. The summed E-state index contributed by atoms with van der Waals surface area (Å²) in [6, 6.07) is 0. The molecule has 0 radical (unpaired) electrons. The Bertz CT molecular complexity index is 619. The van der Waals surface area contributed by atoms with Crippen molar-refractivity contribution in [2.75, 3.05) is 18.0 Å². The van der Waals surface area contributed by atoms with Crippen LogP contribution in [0, 0.1) is 6.92 Å². The molecule has 0 amide bonds. The molecule has 1 N–H and O–H groups in total. The van der Waals surface area contributed by atoms with Gasteiger partial charge in [0.2, 0.25) is 0 Å². The molecule has 3 rings (SSSR count). The smallest absolute Gasteiger partial charge is 0.163 e. The number of anilines is 1. The van der Waals surface area contributed by atoms with Gasteiger partial charge >= 0.3 is 0 Å². The van der Waals surface area contributed by atoms with Crippen molar-refractivity contribution >= 4 is 16.9 Å². The van der Waals surface area contributed by atoms with Gasteiger partial charge < -0.3 is 10.0 Å². The van der Waals surface area contributed by atoms with Crippen LogP contribution < -0.4 is 4.90 Å². The maximum atomic E-state index is 10.2. The van der Waals surface area contributed by atoms with Crippen molar-refractivity contribution in [1.29, 1.82) is 0 Å². The van der Waals surface area contributed by atoms with Crippen LogP contribution in [0.25, 0.3) is 11.0 Å². The number of rotatable bonds is 1. The van der Waals surface area contributed by atoms with E-state index in [0.29, 0.717) is 6.54 Å². The highest BCUT2D eigenvalue weighted by Crippen LogP contribution is 2.30. The van der Waals surface area contributed by atoms with Gasteiger partial charge in [-0.15, -0.1) is 0 Å². The van der Waals surface area contributed by atoms with Crippen LogP contribution in [0.3, 0.4) is 0 Å². The summed E-state index contributed by atoms with van der Waals surface area (Å²) < 4.78 is 1.78. The summed E-state index contributed by atoms with van der Waals surface area (Å²) in [5.41, 5.74) is 1.12. The normalized spacial score (nSPS) is 24.1. The lowest BCUT2D eigenvalue weighted by molar-refractivity contribution is 0.0448. The first kappa shape index (κ1) is 12.3. The van der Waals surface area contributed by atoms with E-state index in [1.165, 1.54) is 0 Å². The average Bonchev–Trinajstić information content (AvgIpc) is 2.64. The monoisotopic (exact) mass is 261 g/mol. The van der Waals surface area contributed by atoms with Gasteiger partial charge in [-0.25, -0.2) is 9.97 Å². The van der Waals surface area contributed by atoms with Gasteiger partial charge in [0.05, 0.1) is 16.7 Å². The second-order valence-electron chi connectivity index (χ2n) is 5.63. The second kappa shape index (κ2) is 4.16. The van der Waals surface area contributed by atoms with Crippen LogP contribution in [0.4, 0.5) is 5.82 Å². The van der Waals surface area contributed by atoms with E-state index in [2.05, 4.69) is 20.0 Å². The van der Waals surface area contributed by atoms with E-state index in [1.807, 2.05) is 20.9 Å². The minimum Gasteiger partial charge on any atom is -0.388 e. The minimum atomic E-state index is -0.647. The van der Waals surface area contributed by atoms with E-state index in [9.17, 15) is 5.11 Å². The van der Waals surface area contributed by atoms with Gasteiger partial charge in [-0.05, 0) is 26.7 Å². The van der Waals surface area contributed by atoms with Crippen molar-refractivity contribution in [3.63, 3.8) is 0 Å². The fourth-order valence-corrected chi connectivity index (χ4v) is 2.90. The minimum absolute atomic E-state index is 0.605. The van der Waals surface area contributed by atoms with Crippen molar-refractivity contribution < 1.29 is 5.11 Å². The van der Waals surface area contributed by atoms with E-state index in [0.717, 1.165) is 41.9 Å². The first-order valence-corrected chi connectivity index (χ1v) is 6.59.